The quantitative estimate of drug-likeness (QED) is 0.589. The van der Waals surface area contributed by atoms with Crippen molar-refractivity contribution in [2.45, 2.75) is 33.2 Å². The fourth-order valence-corrected chi connectivity index (χ4v) is 3.85. The molecule has 5 heteroatoms. The summed E-state index contributed by atoms with van der Waals surface area (Å²) in [5, 5.41) is 4.49. The first-order valence-electron chi connectivity index (χ1n) is 9.03. The fourth-order valence-electron chi connectivity index (χ4n) is 3.63. The van der Waals surface area contributed by atoms with Gasteiger partial charge < -0.3 is 4.90 Å². The van der Waals surface area contributed by atoms with Crippen LogP contribution in [0.1, 0.15) is 49.2 Å². The number of carbonyl (C=O) groups is 1. The van der Waals surface area contributed by atoms with E-state index in [1.807, 2.05) is 6.07 Å². The van der Waals surface area contributed by atoms with Gasteiger partial charge in [-0.15, -0.1) is 0 Å². The van der Waals surface area contributed by atoms with Crippen LogP contribution in [0.2, 0.25) is 5.02 Å². The van der Waals surface area contributed by atoms with Gasteiger partial charge in [-0.05, 0) is 63.1 Å². The number of allylic oxidation sites excluding steroid dienone is 1. The van der Waals surface area contributed by atoms with Crippen LogP contribution in [0.25, 0.3) is 5.57 Å². The maximum Gasteiger partial charge on any atom is 0.272 e. The number of hydrogen-bond donors (Lipinski definition) is 1. The molecule has 0 aromatic heterocycles. The standard InChI is InChI=1S/C22H24ClN3O/c1-5-26-20-11-10-16(12-18(20)15(2)13-22(26,3)4)14-24-25-21(27)17-8-6-7-9-19(17)23/h6-14H,5H2,1-4H3,(H,25,27)/b24-14-. The van der Waals surface area contributed by atoms with Crippen LogP contribution in [0.3, 0.4) is 0 Å². The van der Waals surface area contributed by atoms with E-state index in [1.54, 1.807) is 30.5 Å². The first-order chi connectivity index (χ1) is 12.8. The zero-order valence-electron chi connectivity index (χ0n) is 16.1. The Bertz CT molecular complexity index is 931. The molecule has 1 N–H and O–H groups in total. The highest BCUT2D eigenvalue weighted by molar-refractivity contribution is 6.33. The Morgan fingerprint density at radius 1 is 1.26 bits per heavy atom. The summed E-state index contributed by atoms with van der Waals surface area (Å²) in [5.74, 6) is -0.329. The molecule has 0 radical (unpaired) electrons. The summed E-state index contributed by atoms with van der Waals surface area (Å²) in [7, 11) is 0. The predicted molar refractivity (Wildman–Crippen MR) is 114 cm³/mol. The highest BCUT2D eigenvalue weighted by Crippen LogP contribution is 2.38. The van der Waals surface area contributed by atoms with Crippen LogP contribution in [0.4, 0.5) is 5.69 Å². The maximum atomic E-state index is 12.2. The van der Waals surface area contributed by atoms with Gasteiger partial charge in [0.25, 0.3) is 5.91 Å². The smallest absolute Gasteiger partial charge is 0.272 e. The molecule has 0 aliphatic carbocycles. The second-order valence-corrected chi connectivity index (χ2v) is 7.59. The molecule has 1 aliphatic heterocycles. The average molecular weight is 382 g/mol. The number of hydrogen-bond acceptors (Lipinski definition) is 3. The van der Waals surface area contributed by atoms with Crippen molar-refractivity contribution in [1.82, 2.24) is 5.43 Å². The molecule has 140 valence electrons. The topological polar surface area (TPSA) is 44.7 Å². The van der Waals surface area contributed by atoms with Crippen molar-refractivity contribution < 1.29 is 4.79 Å². The zero-order chi connectivity index (χ0) is 19.6. The number of halogens is 1. The second-order valence-electron chi connectivity index (χ2n) is 7.18. The molecular formula is C22H24ClN3O. The monoisotopic (exact) mass is 381 g/mol. The van der Waals surface area contributed by atoms with Crippen molar-refractivity contribution in [3.63, 3.8) is 0 Å². The number of nitrogens with zero attached hydrogens (tertiary/aromatic N) is 2. The van der Waals surface area contributed by atoms with Gasteiger partial charge in [-0.2, -0.15) is 5.10 Å². The van der Waals surface area contributed by atoms with E-state index in [9.17, 15) is 4.79 Å². The summed E-state index contributed by atoms with van der Waals surface area (Å²) in [6.45, 7) is 9.68. The molecule has 1 heterocycles. The van der Waals surface area contributed by atoms with Gasteiger partial charge in [-0.25, -0.2) is 5.43 Å². The first kappa shape index (κ1) is 19.2. The van der Waals surface area contributed by atoms with Crippen molar-refractivity contribution in [3.8, 4) is 0 Å². The summed E-state index contributed by atoms with van der Waals surface area (Å²) in [5.41, 5.74) is 7.52. The number of carbonyl (C=O) groups excluding carboxylic acids is 1. The van der Waals surface area contributed by atoms with Gasteiger partial charge in [0.15, 0.2) is 0 Å². The highest BCUT2D eigenvalue weighted by Gasteiger charge is 2.29. The molecule has 0 unspecified atom stereocenters. The minimum Gasteiger partial charge on any atom is -0.363 e. The van der Waals surface area contributed by atoms with Crippen molar-refractivity contribution in [3.05, 3.63) is 70.3 Å². The molecule has 27 heavy (non-hydrogen) atoms. The van der Waals surface area contributed by atoms with E-state index in [-0.39, 0.29) is 11.4 Å². The summed E-state index contributed by atoms with van der Waals surface area (Å²) in [4.78, 5) is 14.6. The van der Waals surface area contributed by atoms with Crippen molar-refractivity contribution in [2.24, 2.45) is 5.10 Å². The van der Waals surface area contributed by atoms with Gasteiger partial charge in [-0.1, -0.05) is 35.9 Å². The van der Waals surface area contributed by atoms with Crippen LogP contribution >= 0.6 is 11.6 Å². The van der Waals surface area contributed by atoms with Crippen LogP contribution in [0.5, 0.6) is 0 Å². The molecule has 1 amide bonds. The van der Waals surface area contributed by atoms with Gasteiger partial charge >= 0.3 is 0 Å². The predicted octanol–water partition coefficient (Wildman–Crippen LogP) is 5.13. The number of likely N-dealkylation sites (N-methyl/N-ethyl adjacent to an activating group) is 1. The normalized spacial score (nSPS) is 15.4. The molecule has 2 aromatic carbocycles. The number of amides is 1. The third-order valence-corrected chi connectivity index (χ3v) is 5.15. The van der Waals surface area contributed by atoms with Gasteiger partial charge in [0, 0.05) is 17.8 Å². The molecule has 0 saturated heterocycles. The zero-order valence-corrected chi connectivity index (χ0v) is 16.8. The maximum absolute atomic E-state index is 12.2. The molecule has 0 spiro atoms. The molecule has 0 saturated carbocycles. The Morgan fingerprint density at radius 2 is 2.00 bits per heavy atom. The van der Waals surface area contributed by atoms with E-state index >= 15 is 0 Å². The van der Waals surface area contributed by atoms with Gasteiger partial charge in [-0.3, -0.25) is 4.79 Å². The van der Waals surface area contributed by atoms with Crippen LogP contribution in [-0.4, -0.2) is 24.2 Å². The molecule has 0 atom stereocenters. The first-order valence-corrected chi connectivity index (χ1v) is 9.40. The largest absolute Gasteiger partial charge is 0.363 e. The van der Waals surface area contributed by atoms with E-state index in [0.717, 1.165) is 12.1 Å². The van der Waals surface area contributed by atoms with Crippen molar-refractivity contribution in [1.29, 1.82) is 0 Å². The Labute approximate surface area is 165 Å². The third kappa shape index (κ3) is 3.91. The van der Waals surface area contributed by atoms with Crippen LogP contribution in [0, 0.1) is 0 Å². The number of fused-ring (bicyclic) bond motifs is 1. The minimum atomic E-state index is -0.329. The molecule has 4 nitrogen and oxygen atoms in total. The van der Waals surface area contributed by atoms with E-state index in [4.69, 9.17) is 11.6 Å². The lowest BCUT2D eigenvalue weighted by atomic mass is 9.88. The lowest BCUT2D eigenvalue weighted by Gasteiger charge is -2.42. The Balaban J connectivity index is 1.80. The number of nitrogens with one attached hydrogen (secondary N) is 1. The van der Waals surface area contributed by atoms with Crippen molar-refractivity contribution >= 4 is 35.0 Å². The molecule has 3 rings (SSSR count). The molecule has 0 fully saturated rings. The highest BCUT2D eigenvalue weighted by atomic mass is 35.5. The van der Waals surface area contributed by atoms with Gasteiger partial charge in [0.1, 0.15) is 0 Å². The number of rotatable bonds is 4. The lowest BCUT2D eigenvalue weighted by molar-refractivity contribution is 0.0955. The SMILES string of the molecule is CCN1c2ccc(/C=N\NC(=O)c3ccccc3Cl)cc2C(C)=CC1(C)C. The summed E-state index contributed by atoms with van der Waals surface area (Å²) in [6.07, 6.45) is 3.94. The number of benzene rings is 2. The second kappa shape index (κ2) is 7.57. The summed E-state index contributed by atoms with van der Waals surface area (Å²) in [6, 6.07) is 13.1. The number of hydrazone groups is 1. The van der Waals surface area contributed by atoms with E-state index < -0.39 is 0 Å². The van der Waals surface area contributed by atoms with E-state index in [2.05, 4.69) is 61.3 Å². The number of anilines is 1. The Morgan fingerprint density at radius 3 is 2.70 bits per heavy atom. The lowest BCUT2D eigenvalue weighted by Crippen LogP contribution is -2.44. The van der Waals surface area contributed by atoms with Gasteiger partial charge in [0.2, 0.25) is 0 Å². The van der Waals surface area contributed by atoms with Crippen LogP contribution < -0.4 is 10.3 Å². The molecule has 2 aromatic rings. The Hall–Kier alpha value is -2.59. The van der Waals surface area contributed by atoms with E-state index in [0.29, 0.717) is 10.6 Å². The minimum absolute atomic E-state index is 0.00956. The van der Waals surface area contributed by atoms with Gasteiger partial charge in [0.05, 0.1) is 22.3 Å². The summed E-state index contributed by atoms with van der Waals surface area (Å²) >= 11 is 6.04. The Kier molecular flexibility index (Phi) is 5.38. The van der Waals surface area contributed by atoms with E-state index in [1.165, 1.54) is 16.8 Å². The van der Waals surface area contributed by atoms with Crippen LogP contribution in [-0.2, 0) is 0 Å². The molecule has 1 aliphatic rings. The third-order valence-electron chi connectivity index (χ3n) is 4.82. The van der Waals surface area contributed by atoms with Crippen LogP contribution in [0.15, 0.2) is 53.6 Å². The molecule has 0 bridgehead atoms. The average Bonchev–Trinajstić information content (AvgIpc) is 2.62. The molecular weight excluding hydrogens is 358 g/mol. The fraction of sp³-hybridized carbons (Fsp3) is 0.273. The van der Waals surface area contributed by atoms with Crippen molar-refractivity contribution in [2.75, 3.05) is 11.4 Å². The summed E-state index contributed by atoms with van der Waals surface area (Å²) < 4.78 is 0.